The van der Waals surface area contributed by atoms with Crippen molar-refractivity contribution in [3.05, 3.63) is 72.2 Å². The van der Waals surface area contributed by atoms with Gasteiger partial charge in [-0.05, 0) is 43.2 Å². The summed E-state index contributed by atoms with van der Waals surface area (Å²) in [4.78, 5) is 29.7. The van der Waals surface area contributed by atoms with Crippen LogP contribution in [0.15, 0.2) is 65.3 Å². The predicted molar refractivity (Wildman–Crippen MR) is 144 cm³/mol. The third-order valence-corrected chi connectivity index (χ3v) is 7.17. The van der Waals surface area contributed by atoms with Gasteiger partial charge in [-0.25, -0.2) is 4.68 Å². The highest BCUT2D eigenvalue weighted by Gasteiger charge is 2.36. The number of nitrogens with zero attached hydrogens (tertiary/aromatic N) is 4. The summed E-state index contributed by atoms with van der Waals surface area (Å²) in [6.07, 6.45) is 6.65. The molecule has 1 aliphatic rings. The summed E-state index contributed by atoms with van der Waals surface area (Å²) in [6.45, 7) is -0.0394. The van der Waals surface area contributed by atoms with Crippen molar-refractivity contribution in [2.45, 2.75) is 57.3 Å². The zero-order valence-corrected chi connectivity index (χ0v) is 22.2. The highest BCUT2D eigenvalue weighted by atomic mass is 16.5. The van der Waals surface area contributed by atoms with Crippen LogP contribution in [0.4, 0.5) is 0 Å². The Labute approximate surface area is 226 Å². The number of ether oxygens (including phenoxy) is 2. The molecule has 1 atom stereocenters. The lowest BCUT2D eigenvalue weighted by Gasteiger charge is -2.33. The molecule has 0 aliphatic heterocycles. The maximum atomic E-state index is 14.1. The van der Waals surface area contributed by atoms with Crippen LogP contribution in [-0.4, -0.2) is 52.0 Å². The quantitative estimate of drug-likeness (QED) is 0.325. The first kappa shape index (κ1) is 26.3. The Balaban J connectivity index is 1.56. The van der Waals surface area contributed by atoms with E-state index in [1.165, 1.54) is 12.0 Å². The number of para-hydroxylation sites is 2. The summed E-state index contributed by atoms with van der Waals surface area (Å²) in [7, 11) is 3.07. The summed E-state index contributed by atoms with van der Waals surface area (Å²) < 4.78 is 18.4. The third kappa shape index (κ3) is 5.74. The van der Waals surface area contributed by atoms with Gasteiger partial charge < -0.3 is 24.1 Å². The second-order valence-corrected chi connectivity index (χ2v) is 9.67. The van der Waals surface area contributed by atoms with Crippen LogP contribution in [0.5, 0.6) is 11.5 Å². The fraction of sp³-hybridized carbons (Fsp3) is 0.379. The maximum absolute atomic E-state index is 14.1. The van der Waals surface area contributed by atoms with Gasteiger partial charge in [0.05, 0.1) is 32.5 Å². The highest BCUT2D eigenvalue weighted by molar-refractivity contribution is 5.90. The van der Waals surface area contributed by atoms with Crippen LogP contribution in [0.25, 0.3) is 11.0 Å². The average molecular weight is 532 g/mol. The Hall–Kier alpha value is -4.34. The van der Waals surface area contributed by atoms with E-state index in [9.17, 15) is 9.59 Å². The van der Waals surface area contributed by atoms with E-state index in [1.807, 2.05) is 24.3 Å². The van der Waals surface area contributed by atoms with Crippen molar-refractivity contribution >= 4 is 22.8 Å². The lowest BCUT2D eigenvalue weighted by Crippen LogP contribution is -2.47. The number of rotatable bonds is 10. The Morgan fingerprint density at radius 3 is 2.62 bits per heavy atom. The van der Waals surface area contributed by atoms with E-state index in [0.29, 0.717) is 28.3 Å². The van der Waals surface area contributed by atoms with Gasteiger partial charge in [-0.2, -0.15) is 0 Å². The number of carbonyl (C=O) groups excluding carboxylic acids is 2. The summed E-state index contributed by atoms with van der Waals surface area (Å²) >= 11 is 0. The van der Waals surface area contributed by atoms with E-state index in [0.717, 1.165) is 37.6 Å². The average Bonchev–Trinajstić information content (AvgIpc) is 3.63. The molecule has 1 fully saturated rings. The number of hydrogen-bond donors (Lipinski definition) is 1. The molecule has 39 heavy (non-hydrogen) atoms. The molecule has 1 aliphatic carbocycles. The number of fused-ring (bicyclic) bond motifs is 1. The van der Waals surface area contributed by atoms with Crippen LogP contribution in [0.1, 0.15) is 49.5 Å². The topological polar surface area (TPSA) is 112 Å². The van der Waals surface area contributed by atoms with Crippen LogP contribution in [0, 0.1) is 0 Å². The van der Waals surface area contributed by atoms with Gasteiger partial charge in [0.15, 0.2) is 11.5 Å². The summed E-state index contributed by atoms with van der Waals surface area (Å²) in [5, 5.41) is 11.6. The molecule has 10 nitrogen and oxygen atoms in total. The zero-order valence-electron chi connectivity index (χ0n) is 22.2. The van der Waals surface area contributed by atoms with Crippen molar-refractivity contribution in [3.63, 3.8) is 0 Å². The molecule has 4 aromatic rings. The molecule has 2 heterocycles. The Morgan fingerprint density at radius 1 is 1.05 bits per heavy atom. The molecule has 1 N–H and O–H groups in total. The van der Waals surface area contributed by atoms with Crippen molar-refractivity contribution in [3.8, 4) is 11.5 Å². The molecule has 5 rings (SSSR count). The first-order chi connectivity index (χ1) is 19.1. The van der Waals surface area contributed by atoms with Crippen LogP contribution >= 0.6 is 0 Å². The molecule has 10 heteroatoms. The normalized spacial score (nSPS) is 14.6. The first-order valence-corrected chi connectivity index (χ1v) is 13.2. The van der Waals surface area contributed by atoms with Gasteiger partial charge in [-0.3, -0.25) is 9.59 Å². The second kappa shape index (κ2) is 12.0. The Bertz CT molecular complexity index is 1410. The molecule has 1 saturated carbocycles. The number of amides is 2. The second-order valence-electron chi connectivity index (χ2n) is 9.67. The van der Waals surface area contributed by atoms with E-state index in [-0.39, 0.29) is 30.9 Å². The monoisotopic (exact) mass is 531 g/mol. The van der Waals surface area contributed by atoms with Crippen molar-refractivity contribution in [1.82, 2.24) is 25.2 Å². The number of hydrogen-bond acceptors (Lipinski definition) is 7. The summed E-state index contributed by atoms with van der Waals surface area (Å²) in [5.41, 5.74) is 1.93. The van der Waals surface area contributed by atoms with Crippen molar-refractivity contribution in [1.29, 1.82) is 0 Å². The van der Waals surface area contributed by atoms with Crippen LogP contribution in [0.2, 0.25) is 0 Å². The van der Waals surface area contributed by atoms with Gasteiger partial charge in [0, 0.05) is 11.6 Å². The number of nitrogens with one attached hydrogen (secondary N) is 1. The predicted octanol–water partition coefficient (Wildman–Crippen LogP) is 4.26. The number of carbonyl (C=O) groups is 2. The number of aromatic nitrogens is 3. The third-order valence-electron chi connectivity index (χ3n) is 7.17. The van der Waals surface area contributed by atoms with Crippen LogP contribution in [0.3, 0.4) is 0 Å². The molecule has 2 amide bonds. The van der Waals surface area contributed by atoms with Gasteiger partial charge in [-0.1, -0.05) is 48.7 Å². The van der Waals surface area contributed by atoms with Gasteiger partial charge in [0.1, 0.15) is 23.9 Å². The fourth-order valence-electron chi connectivity index (χ4n) is 5.25. The minimum atomic E-state index is -1.01. The van der Waals surface area contributed by atoms with Crippen molar-refractivity contribution < 1.29 is 23.5 Å². The zero-order chi connectivity index (χ0) is 27.2. The van der Waals surface area contributed by atoms with E-state index in [4.69, 9.17) is 13.9 Å². The smallest absolute Gasteiger partial charge is 0.247 e. The molecule has 0 saturated heterocycles. The largest absolute Gasteiger partial charge is 0.493 e. The van der Waals surface area contributed by atoms with E-state index in [1.54, 1.807) is 48.4 Å². The van der Waals surface area contributed by atoms with Crippen molar-refractivity contribution in [2.75, 3.05) is 14.2 Å². The summed E-state index contributed by atoms with van der Waals surface area (Å²) in [5.74, 6) is 0.807. The van der Waals surface area contributed by atoms with Gasteiger partial charge in [0.2, 0.25) is 11.8 Å². The lowest BCUT2D eigenvalue weighted by molar-refractivity contribution is -0.143. The van der Waals surface area contributed by atoms with Crippen LogP contribution in [-0.2, 0) is 22.7 Å². The molecular weight excluding hydrogens is 498 g/mol. The number of methoxy groups -OCH3 is 2. The minimum Gasteiger partial charge on any atom is -0.493 e. The molecule has 0 bridgehead atoms. The van der Waals surface area contributed by atoms with Gasteiger partial charge in [-0.15, -0.1) is 5.10 Å². The molecule has 1 unspecified atom stereocenters. The number of benzene rings is 2. The molecular formula is C29H33N5O5. The highest BCUT2D eigenvalue weighted by Crippen LogP contribution is 2.38. The molecule has 0 radical (unpaired) electrons. The van der Waals surface area contributed by atoms with Crippen molar-refractivity contribution in [2.24, 2.45) is 0 Å². The van der Waals surface area contributed by atoms with E-state index >= 15 is 0 Å². The fourth-order valence-corrected chi connectivity index (χ4v) is 5.25. The minimum absolute atomic E-state index is 0.0465. The number of furan rings is 1. The standard InChI is InChI=1S/C29H33N5O5/c1-37-25-16-8-13-22(28(25)38-2)27(29(36)30-20-10-4-3-5-11-20)33(18-21-12-9-17-39-21)26(35)19-34-24-15-7-6-14-23(24)31-32-34/h6-9,12-17,20,27H,3-5,10-11,18-19H2,1-2H3,(H,30,36). The van der Waals surface area contributed by atoms with E-state index < -0.39 is 6.04 Å². The molecule has 2 aromatic carbocycles. The van der Waals surface area contributed by atoms with E-state index in [2.05, 4.69) is 15.6 Å². The lowest BCUT2D eigenvalue weighted by atomic mass is 9.94. The maximum Gasteiger partial charge on any atom is 0.247 e. The summed E-state index contributed by atoms with van der Waals surface area (Å²) in [6, 6.07) is 15.4. The SMILES string of the molecule is COc1cccc(C(C(=O)NC2CCCCC2)N(Cc2ccco2)C(=O)Cn2nnc3ccccc32)c1OC. The van der Waals surface area contributed by atoms with Gasteiger partial charge in [0.25, 0.3) is 0 Å². The Kier molecular flexibility index (Phi) is 8.10. The first-order valence-electron chi connectivity index (χ1n) is 13.2. The Morgan fingerprint density at radius 2 is 1.87 bits per heavy atom. The van der Waals surface area contributed by atoms with Gasteiger partial charge >= 0.3 is 0 Å². The molecule has 0 spiro atoms. The van der Waals surface area contributed by atoms with Crippen LogP contribution < -0.4 is 14.8 Å². The molecule has 2 aromatic heterocycles. The molecule has 204 valence electrons.